The van der Waals surface area contributed by atoms with Crippen molar-refractivity contribution < 1.29 is 13.5 Å². The fourth-order valence-corrected chi connectivity index (χ4v) is 3.37. The number of nitrogens with two attached hydrogens (primary N) is 1. The Morgan fingerprint density at radius 1 is 1.23 bits per heavy atom. The Bertz CT molecular complexity index is 631. The lowest BCUT2D eigenvalue weighted by molar-refractivity contribution is 0.310. The molecule has 0 aromatic heterocycles. The number of hydrogen-bond donors (Lipinski definition) is 2. The number of rotatable bonds is 4. The van der Waals surface area contributed by atoms with Crippen LogP contribution in [0.5, 0.6) is 5.75 Å². The minimum atomic E-state index is -2.92. The molecule has 0 amide bonds. The van der Waals surface area contributed by atoms with Crippen molar-refractivity contribution in [3.63, 3.8) is 0 Å². The van der Waals surface area contributed by atoms with E-state index in [1.807, 2.05) is 6.92 Å². The van der Waals surface area contributed by atoms with Crippen LogP contribution in [0.25, 0.3) is 0 Å². The van der Waals surface area contributed by atoms with E-state index >= 15 is 0 Å². The quantitative estimate of drug-likeness (QED) is 0.629. The van der Waals surface area contributed by atoms with Gasteiger partial charge in [-0.1, -0.05) is 0 Å². The van der Waals surface area contributed by atoms with E-state index in [4.69, 9.17) is 5.73 Å². The normalized spacial score (nSPS) is 17.5. The molecule has 0 bridgehead atoms. The molecule has 1 fully saturated rings. The van der Waals surface area contributed by atoms with Crippen molar-refractivity contribution in [2.45, 2.75) is 13.3 Å². The fraction of sp³-hybridized carbons (Fsp3) is 0.600. The molecule has 0 spiro atoms. The number of nitrogens with zero attached hydrogens (tertiary/aromatic N) is 2. The van der Waals surface area contributed by atoms with Gasteiger partial charge in [-0.2, -0.15) is 0 Å². The summed E-state index contributed by atoms with van der Waals surface area (Å²) in [6.45, 7) is 5.98. The first-order chi connectivity index (χ1) is 10.3. The van der Waals surface area contributed by atoms with Gasteiger partial charge in [0, 0.05) is 44.2 Å². The second-order valence-corrected chi connectivity index (χ2v) is 8.27. The van der Waals surface area contributed by atoms with Crippen LogP contribution >= 0.6 is 0 Å². The van der Waals surface area contributed by atoms with Crippen LogP contribution in [-0.2, 0) is 9.84 Å². The van der Waals surface area contributed by atoms with Crippen LogP contribution in [0.3, 0.4) is 0 Å². The van der Waals surface area contributed by atoms with E-state index in [-0.39, 0.29) is 11.5 Å². The number of aryl methyl sites for hydroxylation is 1. The van der Waals surface area contributed by atoms with Crippen molar-refractivity contribution in [2.75, 3.05) is 55.4 Å². The third kappa shape index (κ3) is 4.51. The Balaban J connectivity index is 2.03. The summed E-state index contributed by atoms with van der Waals surface area (Å²) in [5, 5.41) is 9.82. The molecule has 124 valence electrons. The number of sulfone groups is 1. The maximum atomic E-state index is 11.3. The minimum Gasteiger partial charge on any atom is -0.506 e. The lowest BCUT2D eigenvalue weighted by Crippen LogP contribution is -2.33. The molecule has 0 unspecified atom stereocenters. The highest BCUT2D eigenvalue weighted by Crippen LogP contribution is 2.30. The number of phenols is 1. The zero-order valence-corrected chi connectivity index (χ0v) is 14.1. The molecule has 6 nitrogen and oxygen atoms in total. The molecule has 1 aromatic rings. The van der Waals surface area contributed by atoms with Gasteiger partial charge in [-0.25, -0.2) is 8.42 Å². The molecule has 1 heterocycles. The maximum absolute atomic E-state index is 11.3. The van der Waals surface area contributed by atoms with Crippen LogP contribution in [0.2, 0.25) is 0 Å². The van der Waals surface area contributed by atoms with Crippen LogP contribution in [0, 0.1) is 6.92 Å². The monoisotopic (exact) mass is 327 g/mol. The average Bonchev–Trinajstić information content (AvgIpc) is 2.65. The molecule has 0 atom stereocenters. The van der Waals surface area contributed by atoms with Gasteiger partial charge in [-0.15, -0.1) is 0 Å². The van der Waals surface area contributed by atoms with Crippen molar-refractivity contribution in [1.82, 2.24) is 4.90 Å². The summed E-state index contributed by atoms with van der Waals surface area (Å²) in [4.78, 5) is 4.42. The smallest absolute Gasteiger partial charge is 0.148 e. The van der Waals surface area contributed by atoms with E-state index < -0.39 is 9.84 Å². The second-order valence-electron chi connectivity index (χ2n) is 6.01. The predicted molar refractivity (Wildman–Crippen MR) is 90.2 cm³/mol. The number of aromatic hydroxyl groups is 1. The molecule has 1 aromatic carbocycles. The first-order valence-electron chi connectivity index (χ1n) is 7.50. The number of benzene rings is 1. The summed E-state index contributed by atoms with van der Waals surface area (Å²) in [6.07, 6.45) is 2.24. The standard InChI is InChI=1S/C15H25N3O3S/c1-12-10-13(16)15(19)11-14(12)18-5-3-4-17(6-7-18)8-9-22(2,20)21/h10-11,19H,3-9,16H2,1-2H3. The highest BCUT2D eigenvalue weighted by atomic mass is 32.2. The van der Waals surface area contributed by atoms with Gasteiger partial charge in [0.2, 0.25) is 0 Å². The molecule has 0 saturated carbocycles. The Hall–Kier alpha value is -1.47. The summed E-state index contributed by atoms with van der Waals surface area (Å²) in [6, 6.07) is 3.51. The molecule has 7 heteroatoms. The zero-order valence-electron chi connectivity index (χ0n) is 13.2. The number of hydrogen-bond acceptors (Lipinski definition) is 6. The van der Waals surface area contributed by atoms with E-state index in [9.17, 15) is 13.5 Å². The van der Waals surface area contributed by atoms with Gasteiger partial charge in [0.15, 0.2) is 0 Å². The molecule has 22 heavy (non-hydrogen) atoms. The molecule has 1 saturated heterocycles. The summed E-state index contributed by atoms with van der Waals surface area (Å²) in [5.74, 6) is 0.313. The highest BCUT2D eigenvalue weighted by molar-refractivity contribution is 7.90. The zero-order chi connectivity index (χ0) is 16.3. The first-order valence-corrected chi connectivity index (χ1v) is 9.56. The molecule has 1 aliphatic rings. The largest absolute Gasteiger partial charge is 0.506 e. The summed E-state index contributed by atoms with van der Waals surface area (Å²) in [5.41, 5.74) is 8.15. The van der Waals surface area contributed by atoms with Crippen molar-refractivity contribution in [3.05, 3.63) is 17.7 Å². The van der Waals surface area contributed by atoms with Crippen LogP contribution in [0.1, 0.15) is 12.0 Å². The third-order valence-corrected chi connectivity index (χ3v) is 4.98. The van der Waals surface area contributed by atoms with Crippen LogP contribution in [0.15, 0.2) is 12.1 Å². The first kappa shape index (κ1) is 16.9. The van der Waals surface area contributed by atoms with Gasteiger partial charge < -0.3 is 20.6 Å². The average molecular weight is 327 g/mol. The molecule has 2 rings (SSSR count). The van der Waals surface area contributed by atoms with Gasteiger partial charge >= 0.3 is 0 Å². The van der Waals surface area contributed by atoms with E-state index in [1.54, 1.807) is 12.1 Å². The van der Waals surface area contributed by atoms with Gasteiger partial charge in [-0.3, -0.25) is 0 Å². The predicted octanol–water partition coefficient (Wildman–Crippen LogP) is 0.840. The van der Waals surface area contributed by atoms with E-state index in [1.165, 1.54) is 6.26 Å². The number of phenolic OH excluding ortho intramolecular Hbond substituents is 1. The Morgan fingerprint density at radius 2 is 1.95 bits per heavy atom. The van der Waals surface area contributed by atoms with Gasteiger partial charge in [0.1, 0.15) is 15.6 Å². The Labute approximate surface area is 132 Å². The number of nitrogen functional groups attached to an aromatic ring is 1. The van der Waals surface area contributed by atoms with Crippen LogP contribution in [0.4, 0.5) is 11.4 Å². The second kappa shape index (κ2) is 6.75. The third-order valence-electron chi connectivity index (χ3n) is 4.05. The molecule has 0 aliphatic carbocycles. The summed E-state index contributed by atoms with van der Waals surface area (Å²) in [7, 11) is -2.92. The SMILES string of the molecule is Cc1cc(N)c(O)cc1N1CCCN(CCS(C)(=O)=O)CC1. The maximum Gasteiger partial charge on any atom is 0.148 e. The highest BCUT2D eigenvalue weighted by Gasteiger charge is 2.18. The van der Waals surface area contributed by atoms with Gasteiger partial charge in [-0.05, 0) is 31.5 Å². The van der Waals surface area contributed by atoms with Crippen molar-refractivity contribution >= 4 is 21.2 Å². The molecular weight excluding hydrogens is 302 g/mol. The van der Waals surface area contributed by atoms with Crippen molar-refractivity contribution in [1.29, 1.82) is 0 Å². The lowest BCUT2D eigenvalue weighted by Gasteiger charge is -2.25. The molecular formula is C15H25N3O3S. The Kier molecular flexibility index (Phi) is 5.18. The van der Waals surface area contributed by atoms with E-state index in [0.29, 0.717) is 12.2 Å². The molecule has 3 N–H and O–H groups in total. The summed E-state index contributed by atoms with van der Waals surface area (Å²) < 4.78 is 22.6. The topological polar surface area (TPSA) is 86.9 Å². The van der Waals surface area contributed by atoms with Gasteiger partial charge in [0.25, 0.3) is 0 Å². The number of anilines is 2. The van der Waals surface area contributed by atoms with E-state index in [2.05, 4.69) is 9.80 Å². The fourth-order valence-electron chi connectivity index (χ4n) is 2.78. The lowest BCUT2D eigenvalue weighted by atomic mass is 10.1. The minimum absolute atomic E-state index is 0.110. The van der Waals surface area contributed by atoms with Gasteiger partial charge in [0.05, 0.1) is 11.4 Å². The van der Waals surface area contributed by atoms with Crippen molar-refractivity contribution in [2.24, 2.45) is 0 Å². The Morgan fingerprint density at radius 3 is 2.64 bits per heavy atom. The van der Waals surface area contributed by atoms with Crippen LogP contribution < -0.4 is 10.6 Å². The molecule has 1 aliphatic heterocycles. The van der Waals surface area contributed by atoms with Crippen LogP contribution in [-0.4, -0.2) is 63.2 Å². The van der Waals surface area contributed by atoms with E-state index in [0.717, 1.165) is 43.9 Å². The molecule has 0 radical (unpaired) electrons. The van der Waals surface area contributed by atoms with Crippen molar-refractivity contribution in [3.8, 4) is 5.75 Å². The summed E-state index contributed by atoms with van der Waals surface area (Å²) >= 11 is 0.